The number of non-ortho nitro benzene ring substituents is 1. The Kier molecular flexibility index (Phi) is 4.11. The second-order valence-electron chi connectivity index (χ2n) is 6.25. The maximum atomic E-state index is 11.8. The number of nitrogens with zero attached hydrogens (tertiary/aromatic N) is 3. The number of ketones is 1. The lowest BCUT2D eigenvalue weighted by atomic mass is 10.1. The van der Waals surface area contributed by atoms with E-state index in [9.17, 15) is 14.9 Å². The summed E-state index contributed by atoms with van der Waals surface area (Å²) in [6.45, 7) is 6.37. The number of rotatable bonds is 5. The first-order chi connectivity index (χ1) is 10.5. The standard InChI is InChI=1S/C16H21N3O3/c1-12(20)15-10-14(19(21)22)4-5-16(15)18-8-6-17(7-9-18)11-13-2-3-13/h4-5,10,13H,2-3,6-9,11H2,1H3. The van der Waals surface area contributed by atoms with Gasteiger partial charge in [-0.25, -0.2) is 0 Å². The molecule has 0 bridgehead atoms. The summed E-state index contributed by atoms with van der Waals surface area (Å²) in [4.78, 5) is 26.9. The molecule has 0 N–H and O–H groups in total. The van der Waals surface area contributed by atoms with Crippen molar-refractivity contribution in [2.45, 2.75) is 19.8 Å². The second kappa shape index (κ2) is 6.04. The summed E-state index contributed by atoms with van der Waals surface area (Å²) in [5.41, 5.74) is 1.25. The van der Waals surface area contributed by atoms with Crippen molar-refractivity contribution in [1.29, 1.82) is 0 Å². The lowest BCUT2D eigenvalue weighted by Crippen LogP contribution is -2.47. The van der Waals surface area contributed by atoms with Crippen LogP contribution >= 0.6 is 0 Å². The van der Waals surface area contributed by atoms with E-state index in [1.807, 2.05) is 0 Å². The van der Waals surface area contributed by atoms with Gasteiger partial charge < -0.3 is 4.90 Å². The van der Waals surface area contributed by atoms with Gasteiger partial charge in [0, 0.05) is 56.1 Å². The molecule has 0 aromatic heterocycles. The molecule has 0 radical (unpaired) electrons. The topological polar surface area (TPSA) is 66.7 Å². The fourth-order valence-electron chi connectivity index (χ4n) is 3.03. The zero-order chi connectivity index (χ0) is 15.7. The van der Waals surface area contributed by atoms with Crippen molar-refractivity contribution in [2.75, 3.05) is 37.6 Å². The number of carbonyl (C=O) groups excluding carboxylic acids is 1. The van der Waals surface area contributed by atoms with Gasteiger partial charge in [-0.2, -0.15) is 0 Å². The Morgan fingerprint density at radius 2 is 1.95 bits per heavy atom. The summed E-state index contributed by atoms with van der Waals surface area (Å²) in [7, 11) is 0. The number of piperazine rings is 1. The predicted molar refractivity (Wildman–Crippen MR) is 84.5 cm³/mol. The molecular formula is C16H21N3O3. The van der Waals surface area contributed by atoms with E-state index >= 15 is 0 Å². The summed E-state index contributed by atoms with van der Waals surface area (Å²) >= 11 is 0. The lowest BCUT2D eigenvalue weighted by Gasteiger charge is -2.36. The van der Waals surface area contributed by atoms with E-state index < -0.39 is 4.92 Å². The molecule has 0 amide bonds. The normalized spacial score (nSPS) is 19.2. The maximum Gasteiger partial charge on any atom is 0.270 e. The smallest absolute Gasteiger partial charge is 0.270 e. The molecule has 6 nitrogen and oxygen atoms in total. The first-order valence-electron chi connectivity index (χ1n) is 7.81. The van der Waals surface area contributed by atoms with Crippen molar-refractivity contribution >= 4 is 17.2 Å². The first-order valence-corrected chi connectivity index (χ1v) is 7.81. The van der Waals surface area contributed by atoms with Gasteiger partial charge in [-0.3, -0.25) is 19.8 Å². The van der Waals surface area contributed by atoms with E-state index in [0.717, 1.165) is 37.8 Å². The average molecular weight is 303 g/mol. The molecular weight excluding hydrogens is 282 g/mol. The van der Waals surface area contributed by atoms with Crippen LogP contribution in [0.4, 0.5) is 11.4 Å². The van der Waals surface area contributed by atoms with E-state index in [4.69, 9.17) is 0 Å². The second-order valence-corrected chi connectivity index (χ2v) is 6.25. The van der Waals surface area contributed by atoms with Gasteiger partial charge in [0.1, 0.15) is 0 Å². The molecule has 1 heterocycles. The molecule has 22 heavy (non-hydrogen) atoms. The van der Waals surface area contributed by atoms with Crippen LogP contribution in [0.3, 0.4) is 0 Å². The molecule has 3 rings (SSSR count). The van der Waals surface area contributed by atoms with E-state index in [1.54, 1.807) is 6.07 Å². The quantitative estimate of drug-likeness (QED) is 0.474. The molecule has 118 valence electrons. The molecule has 6 heteroatoms. The molecule has 1 aliphatic heterocycles. The number of hydrogen-bond donors (Lipinski definition) is 0. The number of anilines is 1. The monoisotopic (exact) mass is 303 g/mol. The third-order valence-corrected chi connectivity index (χ3v) is 4.50. The number of nitro benzene ring substituents is 1. The molecule has 1 aliphatic carbocycles. The van der Waals surface area contributed by atoms with Crippen molar-refractivity contribution < 1.29 is 9.72 Å². The van der Waals surface area contributed by atoms with Crippen LogP contribution in [0.2, 0.25) is 0 Å². The molecule has 0 unspecified atom stereocenters. The molecule has 0 spiro atoms. The van der Waals surface area contributed by atoms with Gasteiger partial charge in [0.15, 0.2) is 5.78 Å². The van der Waals surface area contributed by atoms with Gasteiger partial charge in [-0.15, -0.1) is 0 Å². The van der Waals surface area contributed by atoms with Gasteiger partial charge in [0.05, 0.1) is 4.92 Å². The average Bonchev–Trinajstić information content (AvgIpc) is 3.31. The largest absolute Gasteiger partial charge is 0.368 e. The highest BCUT2D eigenvalue weighted by atomic mass is 16.6. The van der Waals surface area contributed by atoms with E-state index in [2.05, 4.69) is 9.80 Å². The highest BCUT2D eigenvalue weighted by Crippen LogP contribution is 2.31. The van der Waals surface area contributed by atoms with Crippen LogP contribution in [0.25, 0.3) is 0 Å². The van der Waals surface area contributed by atoms with Crippen LogP contribution in [0.15, 0.2) is 18.2 Å². The number of benzene rings is 1. The van der Waals surface area contributed by atoms with E-state index in [-0.39, 0.29) is 11.5 Å². The van der Waals surface area contributed by atoms with Crippen LogP contribution in [0, 0.1) is 16.0 Å². The molecule has 2 aliphatic rings. The minimum absolute atomic E-state index is 0.0266. The van der Waals surface area contributed by atoms with Crippen molar-refractivity contribution in [3.8, 4) is 0 Å². The van der Waals surface area contributed by atoms with Crippen LogP contribution in [-0.4, -0.2) is 48.3 Å². The third-order valence-electron chi connectivity index (χ3n) is 4.50. The Bertz CT molecular complexity index is 590. The highest BCUT2D eigenvalue weighted by Gasteiger charge is 2.27. The number of hydrogen-bond acceptors (Lipinski definition) is 5. The minimum Gasteiger partial charge on any atom is -0.368 e. The van der Waals surface area contributed by atoms with Gasteiger partial charge in [0.2, 0.25) is 0 Å². The Labute approximate surface area is 129 Å². The van der Waals surface area contributed by atoms with Crippen LogP contribution in [0.1, 0.15) is 30.1 Å². The summed E-state index contributed by atoms with van der Waals surface area (Å²) in [6, 6.07) is 4.60. The first kappa shape index (κ1) is 15.0. The SMILES string of the molecule is CC(=O)c1cc([N+](=O)[O-])ccc1N1CCN(CC2CC2)CC1. The molecule has 2 fully saturated rings. The number of nitro groups is 1. The van der Waals surface area contributed by atoms with Gasteiger partial charge >= 0.3 is 0 Å². The molecule has 1 saturated heterocycles. The Balaban J connectivity index is 1.73. The van der Waals surface area contributed by atoms with E-state index in [1.165, 1.54) is 38.4 Å². The van der Waals surface area contributed by atoms with Crippen molar-refractivity contribution in [2.24, 2.45) is 5.92 Å². The zero-order valence-corrected chi connectivity index (χ0v) is 12.8. The fraction of sp³-hybridized carbons (Fsp3) is 0.562. The van der Waals surface area contributed by atoms with Crippen LogP contribution in [-0.2, 0) is 0 Å². The predicted octanol–water partition coefficient (Wildman–Crippen LogP) is 2.33. The zero-order valence-electron chi connectivity index (χ0n) is 12.8. The number of carbonyl (C=O) groups is 1. The molecule has 0 atom stereocenters. The Morgan fingerprint density at radius 3 is 2.50 bits per heavy atom. The summed E-state index contributed by atoms with van der Waals surface area (Å²) < 4.78 is 0. The summed E-state index contributed by atoms with van der Waals surface area (Å²) in [6.07, 6.45) is 2.72. The Hall–Kier alpha value is -1.95. The van der Waals surface area contributed by atoms with Crippen molar-refractivity contribution in [1.82, 2.24) is 4.90 Å². The van der Waals surface area contributed by atoms with Gasteiger partial charge in [-0.1, -0.05) is 0 Å². The molecule has 1 aromatic rings. The van der Waals surface area contributed by atoms with E-state index in [0.29, 0.717) is 5.56 Å². The maximum absolute atomic E-state index is 11.8. The van der Waals surface area contributed by atoms with Crippen molar-refractivity contribution in [3.05, 3.63) is 33.9 Å². The number of Topliss-reactive ketones (excluding diaryl/α,β-unsaturated/α-hetero) is 1. The third kappa shape index (κ3) is 3.27. The van der Waals surface area contributed by atoms with Crippen LogP contribution in [0.5, 0.6) is 0 Å². The summed E-state index contributed by atoms with van der Waals surface area (Å²) in [5, 5.41) is 10.9. The van der Waals surface area contributed by atoms with Gasteiger partial charge in [0.25, 0.3) is 5.69 Å². The summed E-state index contributed by atoms with van der Waals surface area (Å²) in [5.74, 6) is 0.762. The van der Waals surface area contributed by atoms with Crippen LogP contribution < -0.4 is 4.90 Å². The van der Waals surface area contributed by atoms with Gasteiger partial charge in [-0.05, 0) is 31.7 Å². The fourth-order valence-corrected chi connectivity index (χ4v) is 3.03. The lowest BCUT2D eigenvalue weighted by molar-refractivity contribution is -0.384. The Morgan fingerprint density at radius 1 is 1.27 bits per heavy atom. The minimum atomic E-state index is -0.455. The highest BCUT2D eigenvalue weighted by molar-refractivity contribution is 6.00. The molecule has 1 saturated carbocycles. The van der Waals surface area contributed by atoms with Crippen molar-refractivity contribution in [3.63, 3.8) is 0 Å². The molecule has 1 aromatic carbocycles.